The Morgan fingerprint density at radius 3 is 2.57 bits per heavy atom. The van der Waals surface area contributed by atoms with Crippen molar-refractivity contribution in [1.29, 1.82) is 5.26 Å². The van der Waals surface area contributed by atoms with Crippen LogP contribution >= 0.6 is 11.6 Å². The predicted molar refractivity (Wildman–Crippen MR) is 132 cm³/mol. The monoisotopic (exact) mass is 485 g/mol. The molecule has 4 rings (SSSR count). The summed E-state index contributed by atoms with van der Waals surface area (Å²) < 4.78 is 5.18. The number of nitrogens with zero attached hydrogens (tertiary/aromatic N) is 3. The molecule has 0 spiro atoms. The lowest BCUT2D eigenvalue weighted by molar-refractivity contribution is -0.121. The van der Waals surface area contributed by atoms with Gasteiger partial charge in [-0.05, 0) is 48.0 Å². The van der Waals surface area contributed by atoms with Crippen LogP contribution in [0, 0.1) is 11.3 Å². The Morgan fingerprint density at radius 2 is 1.83 bits per heavy atom. The first-order valence-electron chi connectivity index (χ1n) is 10.6. The number of hydrogen-bond donors (Lipinski definition) is 2. The van der Waals surface area contributed by atoms with Crippen molar-refractivity contribution in [3.8, 4) is 11.8 Å². The Labute approximate surface area is 206 Å². The topological polar surface area (TPSA) is 117 Å². The van der Waals surface area contributed by atoms with Gasteiger partial charge in [-0.2, -0.15) is 5.26 Å². The van der Waals surface area contributed by atoms with Gasteiger partial charge in [-0.3, -0.25) is 9.59 Å². The maximum atomic E-state index is 12.8. The summed E-state index contributed by atoms with van der Waals surface area (Å²) in [6, 6.07) is 23.0. The number of hydrogen-bond acceptors (Lipinski definition) is 6. The number of benzene rings is 3. The molecule has 1 heterocycles. The molecule has 0 saturated carbocycles. The van der Waals surface area contributed by atoms with Crippen LogP contribution in [0.5, 0.6) is 5.75 Å². The molecule has 0 radical (unpaired) electrons. The van der Waals surface area contributed by atoms with Crippen LogP contribution in [0.1, 0.15) is 27.5 Å². The van der Waals surface area contributed by atoms with Crippen LogP contribution in [0.25, 0.3) is 11.0 Å². The fourth-order valence-electron chi connectivity index (χ4n) is 3.41. The minimum absolute atomic E-state index is 0.0475. The molecular formula is C26H20ClN5O3. The van der Waals surface area contributed by atoms with Crippen molar-refractivity contribution >= 4 is 40.1 Å². The Kier molecular flexibility index (Phi) is 7.19. The molecule has 0 aliphatic carbocycles. The Bertz CT molecular complexity index is 1440. The molecule has 0 fully saturated rings. The van der Waals surface area contributed by atoms with Crippen LogP contribution in [0.3, 0.4) is 0 Å². The number of methoxy groups -OCH3 is 1. The molecular weight excluding hydrogens is 466 g/mol. The van der Waals surface area contributed by atoms with Crippen molar-refractivity contribution in [1.82, 2.24) is 15.3 Å². The SMILES string of the molecule is COc1cccc(CNC(=O)C(C#N)c2nc3ccc(C(=O)Nc4ccccc4)cc3nc2Cl)c1. The van der Waals surface area contributed by atoms with Gasteiger partial charge in [-0.15, -0.1) is 0 Å². The van der Waals surface area contributed by atoms with Gasteiger partial charge in [0.2, 0.25) is 5.91 Å². The van der Waals surface area contributed by atoms with Crippen molar-refractivity contribution in [3.05, 3.63) is 94.8 Å². The number of fused-ring (bicyclic) bond motifs is 1. The van der Waals surface area contributed by atoms with E-state index in [0.717, 1.165) is 5.56 Å². The van der Waals surface area contributed by atoms with Crippen molar-refractivity contribution in [3.63, 3.8) is 0 Å². The molecule has 35 heavy (non-hydrogen) atoms. The van der Waals surface area contributed by atoms with Gasteiger partial charge in [0.05, 0.1) is 24.2 Å². The van der Waals surface area contributed by atoms with E-state index in [1.807, 2.05) is 36.4 Å². The van der Waals surface area contributed by atoms with E-state index in [1.54, 1.807) is 49.6 Å². The molecule has 3 aromatic carbocycles. The summed E-state index contributed by atoms with van der Waals surface area (Å²) >= 11 is 6.32. The van der Waals surface area contributed by atoms with Gasteiger partial charge in [-0.25, -0.2) is 9.97 Å². The molecule has 8 nitrogen and oxygen atoms in total. The molecule has 0 aliphatic heterocycles. The first-order valence-corrected chi connectivity index (χ1v) is 11.0. The van der Waals surface area contributed by atoms with Crippen molar-refractivity contribution < 1.29 is 14.3 Å². The van der Waals surface area contributed by atoms with E-state index >= 15 is 0 Å². The van der Waals surface area contributed by atoms with Crippen LogP contribution in [0.15, 0.2) is 72.8 Å². The molecule has 0 bridgehead atoms. The highest BCUT2D eigenvalue weighted by Crippen LogP contribution is 2.25. The average Bonchev–Trinajstić information content (AvgIpc) is 2.88. The molecule has 4 aromatic rings. The largest absolute Gasteiger partial charge is 0.497 e. The number of carbonyl (C=O) groups excluding carboxylic acids is 2. The molecule has 174 valence electrons. The Balaban J connectivity index is 1.53. The number of rotatable bonds is 7. The average molecular weight is 486 g/mol. The Morgan fingerprint density at radius 1 is 1.03 bits per heavy atom. The zero-order valence-corrected chi connectivity index (χ0v) is 19.4. The summed E-state index contributed by atoms with van der Waals surface area (Å²) in [5, 5.41) is 15.1. The van der Waals surface area contributed by atoms with E-state index in [0.29, 0.717) is 28.0 Å². The van der Waals surface area contributed by atoms with Gasteiger partial charge in [0.15, 0.2) is 11.1 Å². The summed E-state index contributed by atoms with van der Waals surface area (Å²) in [4.78, 5) is 34.0. The molecule has 1 unspecified atom stereocenters. The number of nitrogens with one attached hydrogen (secondary N) is 2. The molecule has 1 aromatic heterocycles. The van der Waals surface area contributed by atoms with E-state index in [-0.39, 0.29) is 23.3 Å². The third kappa shape index (κ3) is 5.54. The summed E-state index contributed by atoms with van der Waals surface area (Å²) in [7, 11) is 1.56. The minimum atomic E-state index is -1.26. The summed E-state index contributed by atoms with van der Waals surface area (Å²) in [5.41, 5.74) is 2.66. The number of aromatic nitrogens is 2. The van der Waals surface area contributed by atoms with Gasteiger partial charge >= 0.3 is 0 Å². The van der Waals surface area contributed by atoms with Crippen LogP contribution in [0.4, 0.5) is 5.69 Å². The van der Waals surface area contributed by atoms with Gasteiger partial charge in [0.1, 0.15) is 11.4 Å². The first-order chi connectivity index (χ1) is 17.0. The summed E-state index contributed by atoms with van der Waals surface area (Å²) in [5.74, 6) is -1.46. The number of carbonyl (C=O) groups is 2. The van der Waals surface area contributed by atoms with Crippen LogP contribution in [-0.4, -0.2) is 28.9 Å². The van der Waals surface area contributed by atoms with Crippen molar-refractivity contribution in [2.75, 3.05) is 12.4 Å². The second-order valence-electron chi connectivity index (χ2n) is 7.55. The zero-order valence-electron chi connectivity index (χ0n) is 18.7. The number of anilines is 1. The predicted octanol–water partition coefficient (Wildman–Crippen LogP) is 4.47. The normalized spacial score (nSPS) is 11.3. The zero-order chi connectivity index (χ0) is 24.8. The second-order valence-corrected chi connectivity index (χ2v) is 7.91. The minimum Gasteiger partial charge on any atom is -0.497 e. The molecule has 0 saturated heterocycles. The van der Waals surface area contributed by atoms with E-state index in [9.17, 15) is 14.9 Å². The van der Waals surface area contributed by atoms with Crippen LogP contribution in [0.2, 0.25) is 5.15 Å². The number of amides is 2. The number of ether oxygens (including phenoxy) is 1. The lowest BCUT2D eigenvalue weighted by Crippen LogP contribution is -2.29. The molecule has 2 amide bonds. The number of para-hydroxylation sites is 1. The molecule has 2 N–H and O–H groups in total. The number of halogens is 1. The Hall–Kier alpha value is -4.48. The van der Waals surface area contributed by atoms with E-state index in [4.69, 9.17) is 16.3 Å². The quantitative estimate of drug-likeness (QED) is 0.399. The van der Waals surface area contributed by atoms with Crippen molar-refractivity contribution in [2.45, 2.75) is 12.5 Å². The molecule has 9 heteroatoms. The molecule has 0 aliphatic rings. The van der Waals surface area contributed by atoms with Gasteiger partial charge in [-0.1, -0.05) is 41.9 Å². The third-order valence-corrected chi connectivity index (χ3v) is 5.48. The highest BCUT2D eigenvalue weighted by Gasteiger charge is 2.26. The van der Waals surface area contributed by atoms with Crippen LogP contribution in [-0.2, 0) is 11.3 Å². The fraction of sp³-hybridized carbons (Fsp3) is 0.115. The summed E-state index contributed by atoms with van der Waals surface area (Å²) in [6.45, 7) is 0.201. The smallest absolute Gasteiger partial charge is 0.255 e. The number of nitriles is 1. The highest BCUT2D eigenvalue weighted by molar-refractivity contribution is 6.30. The second kappa shape index (κ2) is 10.6. The van der Waals surface area contributed by atoms with Crippen molar-refractivity contribution in [2.24, 2.45) is 0 Å². The van der Waals surface area contributed by atoms with Gasteiger partial charge in [0.25, 0.3) is 5.91 Å². The van der Waals surface area contributed by atoms with Gasteiger partial charge < -0.3 is 15.4 Å². The molecule has 1 atom stereocenters. The van der Waals surface area contributed by atoms with E-state index in [2.05, 4.69) is 20.6 Å². The highest BCUT2D eigenvalue weighted by atomic mass is 35.5. The van der Waals surface area contributed by atoms with E-state index < -0.39 is 11.8 Å². The van der Waals surface area contributed by atoms with Crippen LogP contribution < -0.4 is 15.4 Å². The maximum absolute atomic E-state index is 12.8. The first kappa shape index (κ1) is 23.7. The maximum Gasteiger partial charge on any atom is 0.255 e. The van der Waals surface area contributed by atoms with E-state index in [1.165, 1.54) is 0 Å². The lowest BCUT2D eigenvalue weighted by atomic mass is 10.1. The summed E-state index contributed by atoms with van der Waals surface area (Å²) in [6.07, 6.45) is 0. The fourth-order valence-corrected chi connectivity index (χ4v) is 3.66. The third-order valence-electron chi connectivity index (χ3n) is 5.21. The standard InChI is InChI=1S/C26H20ClN5O3/c1-35-19-9-5-6-16(12-19)15-29-26(34)20(14-28)23-24(27)32-22-13-17(10-11-21(22)31-23)25(33)30-18-7-3-2-4-8-18/h2-13,20H,15H2,1H3,(H,29,34)(H,30,33). The van der Waals surface area contributed by atoms with Gasteiger partial charge in [0, 0.05) is 17.8 Å². The lowest BCUT2D eigenvalue weighted by Gasteiger charge is -2.13.